The second-order valence-electron chi connectivity index (χ2n) is 4.93. The third-order valence-electron chi connectivity index (χ3n) is 3.46. The molecule has 3 rings (SSSR count). The molecule has 0 saturated carbocycles. The Labute approximate surface area is 126 Å². The van der Waals surface area contributed by atoms with Crippen molar-refractivity contribution in [2.45, 2.75) is 15.5 Å². The van der Waals surface area contributed by atoms with Gasteiger partial charge in [0.2, 0.25) is 0 Å². The van der Waals surface area contributed by atoms with E-state index in [1.165, 1.54) is 0 Å². The van der Waals surface area contributed by atoms with E-state index < -0.39 is 9.93 Å². The van der Waals surface area contributed by atoms with Crippen LogP contribution in [-0.4, -0.2) is 0 Å². The summed E-state index contributed by atoms with van der Waals surface area (Å²) in [5.41, 5.74) is 1.09. The number of benzene rings is 3. The van der Waals surface area contributed by atoms with Crippen LogP contribution in [0.5, 0.6) is 0 Å². The predicted octanol–water partition coefficient (Wildman–Crippen LogP) is 4.80. The van der Waals surface area contributed by atoms with Crippen molar-refractivity contribution in [3.8, 4) is 0 Å². The molecule has 0 aliphatic rings. The fourth-order valence-electron chi connectivity index (χ4n) is 2.39. The van der Waals surface area contributed by atoms with E-state index in [-0.39, 0.29) is 0 Å². The van der Waals surface area contributed by atoms with Gasteiger partial charge in [0.1, 0.15) is 5.75 Å². The highest BCUT2D eigenvalue weighted by molar-refractivity contribution is 8.02. The summed E-state index contributed by atoms with van der Waals surface area (Å²) in [6.07, 6.45) is 0. The summed E-state index contributed by atoms with van der Waals surface area (Å²) < 4.78 is 13.8. The molecule has 0 N–H and O–H groups in total. The van der Waals surface area contributed by atoms with Crippen molar-refractivity contribution in [3.63, 3.8) is 0 Å². The van der Waals surface area contributed by atoms with Crippen LogP contribution in [0.1, 0.15) is 5.56 Å². The Morgan fingerprint density at radius 1 is 0.571 bits per heavy atom. The van der Waals surface area contributed by atoms with E-state index in [0.29, 0.717) is 5.75 Å². The molecule has 0 spiro atoms. The number of rotatable bonds is 4. The van der Waals surface area contributed by atoms with Crippen molar-refractivity contribution in [1.82, 2.24) is 0 Å². The average Bonchev–Trinajstić information content (AvgIpc) is 2.57. The van der Waals surface area contributed by atoms with Gasteiger partial charge in [0, 0.05) is 5.56 Å². The third-order valence-corrected chi connectivity index (χ3v) is 6.27. The van der Waals surface area contributed by atoms with Crippen LogP contribution in [0.2, 0.25) is 0 Å². The minimum atomic E-state index is -2.30. The van der Waals surface area contributed by atoms with E-state index in [2.05, 4.69) is 0 Å². The van der Waals surface area contributed by atoms with Crippen LogP contribution in [0.15, 0.2) is 101 Å². The van der Waals surface area contributed by atoms with E-state index in [4.69, 9.17) is 0 Å². The van der Waals surface area contributed by atoms with Crippen molar-refractivity contribution >= 4 is 9.93 Å². The predicted molar refractivity (Wildman–Crippen MR) is 87.6 cm³/mol. The van der Waals surface area contributed by atoms with Gasteiger partial charge in [-0.05, 0) is 24.3 Å². The summed E-state index contributed by atoms with van der Waals surface area (Å²) in [6.45, 7) is 0. The topological polar surface area (TPSA) is 17.1 Å². The van der Waals surface area contributed by atoms with Crippen LogP contribution < -0.4 is 0 Å². The minimum absolute atomic E-state index is 0.530. The highest BCUT2D eigenvalue weighted by atomic mass is 32.2. The van der Waals surface area contributed by atoms with Gasteiger partial charge in [0.05, 0.1) is 0 Å². The smallest absolute Gasteiger partial charge is 0.0933 e. The molecule has 21 heavy (non-hydrogen) atoms. The third kappa shape index (κ3) is 2.96. The van der Waals surface area contributed by atoms with Crippen LogP contribution >= 0.6 is 0 Å². The lowest BCUT2D eigenvalue weighted by Gasteiger charge is -2.12. The molecule has 0 heterocycles. The van der Waals surface area contributed by atoms with Gasteiger partial charge in [0.15, 0.2) is 19.7 Å². The normalized spacial score (nSPS) is 11.2. The zero-order valence-electron chi connectivity index (χ0n) is 11.7. The first-order valence-corrected chi connectivity index (χ1v) is 8.68. The quantitative estimate of drug-likeness (QED) is 0.631. The van der Waals surface area contributed by atoms with Crippen LogP contribution in [0, 0.1) is 0 Å². The van der Waals surface area contributed by atoms with Gasteiger partial charge in [-0.2, -0.15) is 0 Å². The van der Waals surface area contributed by atoms with Crippen molar-refractivity contribution in [2.75, 3.05) is 0 Å². The minimum Gasteiger partial charge on any atom is -0.0933 e. The Kier molecular flexibility index (Phi) is 3.98. The Balaban J connectivity index is 2.10. The Morgan fingerprint density at radius 3 is 1.38 bits per heavy atom. The molecule has 0 aliphatic carbocycles. The lowest BCUT2D eigenvalue weighted by molar-refractivity contribution is 0.583. The van der Waals surface area contributed by atoms with Crippen molar-refractivity contribution in [2.24, 2.45) is 0 Å². The highest BCUT2D eigenvalue weighted by Crippen LogP contribution is 2.32. The second kappa shape index (κ2) is 6.06. The Morgan fingerprint density at radius 2 is 0.952 bits per heavy atom. The fourth-order valence-corrected chi connectivity index (χ4v) is 4.85. The Bertz CT molecular complexity index is 693. The summed E-state index contributed by atoms with van der Waals surface area (Å²) >= 11 is 0. The molecule has 0 unspecified atom stereocenters. The van der Waals surface area contributed by atoms with E-state index in [9.17, 15) is 4.21 Å². The summed E-state index contributed by atoms with van der Waals surface area (Å²) in [6, 6.07) is 29.6. The summed E-state index contributed by atoms with van der Waals surface area (Å²) in [5, 5.41) is 0. The number of hydrogen-bond acceptors (Lipinski definition) is 1. The van der Waals surface area contributed by atoms with E-state index in [1.807, 2.05) is 91.0 Å². The Hall–Kier alpha value is -2.19. The molecule has 0 bridgehead atoms. The molecule has 0 amide bonds. The van der Waals surface area contributed by atoms with E-state index >= 15 is 0 Å². The zero-order chi connectivity index (χ0) is 14.5. The lowest BCUT2D eigenvalue weighted by Crippen LogP contribution is -2.15. The van der Waals surface area contributed by atoms with E-state index in [1.54, 1.807) is 0 Å². The molecule has 104 valence electrons. The van der Waals surface area contributed by atoms with Gasteiger partial charge >= 0.3 is 0 Å². The molecule has 0 aliphatic heterocycles. The average molecular weight is 293 g/mol. The van der Waals surface area contributed by atoms with Crippen molar-refractivity contribution in [1.29, 1.82) is 0 Å². The maximum absolute atomic E-state index is 13.8. The molecule has 1 nitrogen and oxygen atoms in total. The van der Waals surface area contributed by atoms with Gasteiger partial charge in [-0.15, -0.1) is 0 Å². The molecule has 3 aromatic rings. The molecule has 0 saturated heterocycles. The molecular formula is C19H17OS+. The molecule has 3 aromatic carbocycles. The fraction of sp³-hybridized carbons (Fsp3) is 0.0526. The monoisotopic (exact) mass is 293 g/mol. The maximum atomic E-state index is 13.8. The molecule has 0 aromatic heterocycles. The summed E-state index contributed by atoms with van der Waals surface area (Å²) in [7, 11) is -2.30. The zero-order valence-corrected chi connectivity index (χ0v) is 12.5. The second-order valence-corrected chi connectivity index (χ2v) is 7.51. The molecule has 0 radical (unpaired) electrons. The van der Waals surface area contributed by atoms with Gasteiger partial charge in [-0.25, -0.2) is 0 Å². The van der Waals surface area contributed by atoms with Gasteiger partial charge in [-0.3, -0.25) is 0 Å². The largest absolute Gasteiger partial charge is 0.163 e. The summed E-state index contributed by atoms with van der Waals surface area (Å²) in [5.74, 6) is 0.530. The van der Waals surface area contributed by atoms with Gasteiger partial charge in [0.25, 0.3) is 0 Å². The molecule has 0 fully saturated rings. The van der Waals surface area contributed by atoms with Gasteiger partial charge < -0.3 is 0 Å². The highest BCUT2D eigenvalue weighted by Gasteiger charge is 2.34. The number of hydrogen-bond donors (Lipinski definition) is 0. The van der Waals surface area contributed by atoms with Crippen LogP contribution in [0.4, 0.5) is 0 Å². The standard InChI is InChI=1S/C19H17OS/c20-21(18-12-6-2-7-13-18,19-14-8-3-9-15-19)16-17-10-4-1-5-11-17/h1-15H,16H2/q+1. The van der Waals surface area contributed by atoms with Crippen LogP contribution in [0.3, 0.4) is 0 Å². The molecule has 0 atom stereocenters. The first kappa shape index (κ1) is 13.8. The first-order valence-electron chi connectivity index (χ1n) is 6.95. The maximum Gasteiger partial charge on any atom is 0.163 e. The first-order chi connectivity index (χ1) is 10.3. The summed E-state index contributed by atoms with van der Waals surface area (Å²) in [4.78, 5) is 1.78. The molecular weight excluding hydrogens is 276 g/mol. The van der Waals surface area contributed by atoms with Crippen LogP contribution in [0.25, 0.3) is 0 Å². The van der Waals surface area contributed by atoms with Crippen molar-refractivity contribution < 1.29 is 4.21 Å². The van der Waals surface area contributed by atoms with Crippen LogP contribution in [-0.2, 0) is 19.9 Å². The van der Waals surface area contributed by atoms with E-state index in [0.717, 1.165) is 15.4 Å². The lowest BCUT2D eigenvalue weighted by atomic mass is 10.2. The SMILES string of the molecule is O=[S+](Cc1ccccc1)(c1ccccc1)c1ccccc1. The van der Waals surface area contributed by atoms with Crippen molar-refractivity contribution in [3.05, 3.63) is 96.6 Å². The van der Waals surface area contributed by atoms with Gasteiger partial charge in [-0.1, -0.05) is 70.9 Å². The molecule has 2 heteroatoms.